The van der Waals surface area contributed by atoms with Gasteiger partial charge in [-0.25, -0.2) is 0 Å². The zero-order valence-electron chi connectivity index (χ0n) is 20.4. The third kappa shape index (κ3) is 7.44. The molecule has 5 aromatic carbocycles. The van der Waals surface area contributed by atoms with Gasteiger partial charge in [0.1, 0.15) is 0 Å². The minimum absolute atomic E-state index is 0. The van der Waals surface area contributed by atoms with Gasteiger partial charge < -0.3 is 0 Å². The third-order valence-corrected chi connectivity index (χ3v) is 8.66. The molecule has 0 radical (unpaired) electrons. The number of fused-ring (bicyclic) bond motifs is 2. The second-order valence-corrected chi connectivity index (χ2v) is 12.1. The summed E-state index contributed by atoms with van der Waals surface area (Å²) >= 11 is 0. The molecule has 0 saturated heterocycles. The van der Waals surface area contributed by atoms with Crippen LogP contribution in [-0.4, -0.2) is 85.1 Å². The Morgan fingerprint density at radius 3 is 0.950 bits per heavy atom. The van der Waals surface area contributed by atoms with Crippen LogP contribution in [0, 0.1) is 0 Å². The van der Waals surface area contributed by atoms with Gasteiger partial charge in [0.15, 0.2) is 0 Å². The molecular formula is C30H28Na2O6S2. The molecule has 0 heterocycles. The van der Waals surface area contributed by atoms with Crippen molar-refractivity contribution in [3.63, 3.8) is 0 Å². The Morgan fingerprint density at radius 1 is 0.425 bits per heavy atom. The maximum absolute atomic E-state index is 11.4. The van der Waals surface area contributed by atoms with E-state index in [4.69, 9.17) is 0 Å². The van der Waals surface area contributed by atoms with Gasteiger partial charge in [-0.2, -0.15) is 16.8 Å². The van der Waals surface area contributed by atoms with Gasteiger partial charge in [-0.15, -0.1) is 0 Å². The van der Waals surface area contributed by atoms with Gasteiger partial charge in [0, 0.05) is 0 Å². The number of hydrogen-bond donors (Lipinski definition) is 2. The summed E-state index contributed by atoms with van der Waals surface area (Å²) in [7, 11) is -8.44. The van der Waals surface area contributed by atoms with Crippen molar-refractivity contribution in [2.24, 2.45) is 0 Å². The third-order valence-electron chi connectivity index (χ3n) is 6.92. The van der Waals surface area contributed by atoms with E-state index in [1.807, 2.05) is 24.3 Å². The van der Waals surface area contributed by atoms with Crippen molar-refractivity contribution in [1.82, 2.24) is 0 Å². The predicted molar refractivity (Wildman–Crippen MR) is 163 cm³/mol. The average molecular weight is 595 g/mol. The Hall–Kier alpha value is -1.56. The van der Waals surface area contributed by atoms with E-state index in [9.17, 15) is 25.9 Å². The first-order chi connectivity index (χ1) is 18.1. The predicted octanol–water partition coefficient (Wildman–Crippen LogP) is 4.76. The van der Waals surface area contributed by atoms with Crippen molar-refractivity contribution in [2.45, 2.75) is 35.5 Å². The fraction of sp³-hybridized carbons (Fsp3) is 0.133. The van der Waals surface area contributed by atoms with Gasteiger partial charge >= 0.3 is 59.1 Å². The van der Waals surface area contributed by atoms with Gasteiger partial charge in [-0.3, -0.25) is 9.11 Å². The number of rotatable bonds is 8. The molecule has 6 nitrogen and oxygen atoms in total. The Balaban J connectivity index is 0.00000220. The molecule has 0 aliphatic carbocycles. The molecule has 10 heteroatoms. The summed E-state index contributed by atoms with van der Waals surface area (Å²) in [6.45, 7) is 0. The Kier molecular flexibility index (Phi) is 11.2. The van der Waals surface area contributed by atoms with E-state index in [1.54, 1.807) is 24.3 Å². The van der Waals surface area contributed by atoms with Crippen LogP contribution in [0.15, 0.2) is 107 Å². The quantitative estimate of drug-likeness (QED) is 0.152. The van der Waals surface area contributed by atoms with Crippen LogP contribution in [0.5, 0.6) is 0 Å². The van der Waals surface area contributed by atoms with Crippen molar-refractivity contribution < 1.29 is 25.9 Å². The monoisotopic (exact) mass is 594 g/mol. The van der Waals surface area contributed by atoms with Gasteiger partial charge in [0.25, 0.3) is 20.2 Å². The van der Waals surface area contributed by atoms with E-state index in [-0.39, 0.29) is 68.9 Å². The van der Waals surface area contributed by atoms with E-state index < -0.39 is 20.2 Å². The zero-order valence-corrected chi connectivity index (χ0v) is 22.0. The molecule has 0 aliphatic rings. The van der Waals surface area contributed by atoms with Crippen LogP contribution in [0.1, 0.15) is 22.3 Å². The van der Waals surface area contributed by atoms with Crippen LogP contribution >= 0.6 is 0 Å². The van der Waals surface area contributed by atoms with E-state index in [0.29, 0.717) is 12.8 Å². The molecule has 5 aromatic rings. The standard InChI is InChI=1S/C30H26O6S2.2Na.2H/c31-37(32,33)23-15-9-21(10-16-23)13-19-29-25-5-1-2-6-26(25)30(28-8-4-3-7-27(28)29)20-14-22-11-17-24(18-12-22)38(34,35)36;;;;/h1-12,15-18H,13-14,19-20H2,(H,31,32,33)(H,34,35,36);;;;. The van der Waals surface area contributed by atoms with E-state index in [1.165, 1.54) is 35.4 Å². The molecule has 5 rings (SSSR count). The molecule has 0 atom stereocenters. The number of hydrogen-bond acceptors (Lipinski definition) is 4. The van der Waals surface area contributed by atoms with Crippen molar-refractivity contribution in [2.75, 3.05) is 0 Å². The van der Waals surface area contributed by atoms with Crippen LogP contribution in [0.2, 0.25) is 0 Å². The Morgan fingerprint density at radius 2 is 0.700 bits per heavy atom. The second-order valence-electron chi connectivity index (χ2n) is 9.29. The number of benzene rings is 5. The summed E-state index contributed by atoms with van der Waals surface area (Å²) in [5, 5.41) is 4.66. The van der Waals surface area contributed by atoms with Gasteiger partial charge in [-0.1, -0.05) is 72.8 Å². The van der Waals surface area contributed by atoms with Crippen LogP contribution < -0.4 is 0 Å². The Labute approximate surface area is 278 Å². The van der Waals surface area contributed by atoms with E-state index in [2.05, 4.69) is 24.3 Å². The molecule has 0 fully saturated rings. The minimum atomic E-state index is -4.22. The van der Waals surface area contributed by atoms with Gasteiger partial charge in [0.2, 0.25) is 0 Å². The van der Waals surface area contributed by atoms with Crippen molar-refractivity contribution >= 4 is 101 Å². The SMILES string of the molecule is O=S(=O)(O)c1ccc(CCc2c3ccccc3c(CCc3ccc(S(=O)(=O)O)cc3)c3ccccc23)cc1.[NaH].[NaH]. The van der Waals surface area contributed by atoms with Crippen LogP contribution in [-0.2, 0) is 45.9 Å². The van der Waals surface area contributed by atoms with Crippen molar-refractivity contribution in [1.29, 1.82) is 0 Å². The summed E-state index contributed by atoms with van der Waals surface area (Å²) < 4.78 is 64.0. The van der Waals surface area contributed by atoms with Crippen molar-refractivity contribution in [3.05, 3.63) is 119 Å². The zero-order chi connectivity index (χ0) is 26.9. The van der Waals surface area contributed by atoms with Gasteiger partial charge in [0.05, 0.1) is 9.79 Å². The molecule has 198 valence electrons. The summed E-state index contributed by atoms with van der Waals surface area (Å²) in [4.78, 5) is -0.233. The molecule has 0 spiro atoms. The normalized spacial score (nSPS) is 11.7. The van der Waals surface area contributed by atoms with Crippen molar-refractivity contribution in [3.8, 4) is 0 Å². The first-order valence-corrected chi connectivity index (χ1v) is 15.0. The average Bonchev–Trinajstić information content (AvgIpc) is 2.90. The fourth-order valence-corrected chi connectivity index (χ4v) is 6.00. The summed E-state index contributed by atoms with van der Waals surface area (Å²) in [6.07, 6.45) is 2.92. The molecule has 2 N–H and O–H groups in total. The maximum atomic E-state index is 11.4. The van der Waals surface area contributed by atoms with Crippen LogP contribution in [0.25, 0.3) is 21.5 Å². The molecule has 40 heavy (non-hydrogen) atoms. The second kappa shape index (κ2) is 13.6. The number of aryl methyl sites for hydroxylation is 4. The van der Waals surface area contributed by atoms with Gasteiger partial charge in [-0.05, 0) is 93.7 Å². The molecule has 0 aromatic heterocycles. The summed E-state index contributed by atoms with van der Waals surface area (Å²) in [5.74, 6) is 0. The van der Waals surface area contributed by atoms with Crippen LogP contribution in [0.3, 0.4) is 0 Å². The molecule has 0 saturated carbocycles. The molecule has 0 unspecified atom stereocenters. The Bertz CT molecular complexity index is 1660. The first kappa shape index (κ1) is 32.9. The summed E-state index contributed by atoms with van der Waals surface area (Å²) in [5.41, 5.74) is 4.39. The molecular weight excluding hydrogens is 566 g/mol. The fourth-order valence-electron chi connectivity index (χ4n) is 5.04. The topological polar surface area (TPSA) is 109 Å². The molecule has 0 aliphatic heterocycles. The van der Waals surface area contributed by atoms with Crippen LogP contribution in [0.4, 0.5) is 0 Å². The van der Waals surface area contributed by atoms with E-state index in [0.717, 1.165) is 45.5 Å². The first-order valence-electron chi connectivity index (χ1n) is 12.2. The van der Waals surface area contributed by atoms with E-state index >= 15 is 0 Å². The summed E-state index contributed by atoms with van der Waals surface area (Å²) in [6, 6.07) is 29.2. The molecule has 0 bridgehead atoms. The molecule has 0 amide bonds.